The second-order valence-corrected chi connectivity index (χ2v) is 6.26. The third kappa shape index (κ3) is 6.03. The van der Waals surface area contributed by atoms with Gasteiger partial charge in [-0.15, -0.1) is 0 Å². The standard InChI is InChI=1S/C19H28O6/c1-3-5-7-9-11-13(20)15-17(22)16(19(24)25-18(15)23)14(21)12-10-8-6-4-2/h22-23H,3-12H2,1-2H3. The zero-order chi connectivity index (χ0) is 18.8. The summed E-state index contributed by atoms with van der Waals surface area (Å²) in [4.78, 5) is 36.3. The number of carbonyl (C=O) groups is 2. The molecule has 0 unspecified atom stereocenters. The normalized spacial score (nSPS) is 10.8. The smallest absolute Gasteiger partial charge is 0.353 e. The highest BCUT2D eigenvalue weighted by molar-refractivity contribution is 6.06. The molecule has 1 aromatic rings. The molecule has 0 radical (unpaired) electrons. The summed E-state index contributed by atoms with van der Waals surface area (Å²) in [7, 11) is 0. The number of unbranched alkanes of at least 4 members (excludes halogenated alkanes) is 6. The molecule has 6 nitrogen and oxygen atoms in total. The predicted molar refractivity (Wildman–Crippen MR) is 94.5 cm³/mol. The number of rotatable bonds is 12. The first-order chi connectivity index (χ1) is 11.9. The molecule has 0 atom stereocenters. The predicted octanol–water partition coefficient (Wildman–Crippen LogP) is 4.36. The molecule has 0 amide bonds. The third-order valence-corrected chi connectivity index (χ3v) is 4.15. The van der Waals surface area contributed by atoms with Gasteiger partial charge >= 0.3 is 5.63 Å². The van der Waals surface area contributed by atoms with Crippen LogP contribution < -0.4 is 5.63 Å². The SMILES string of the molecule is CCCCCCC(=O)c1c(O)oc(=O)c(C(=O)CCCCCC)c1O. The number of hydrogen-bond acceptors (Lipinski definition) is 6. The van der Waals surface area contributed by atoms with Crippen molar-refractivity contribution in [3.63, 3.8) is 0 Å². The minimum Gasteiger partial charge on any atom is -0.506 e. The van der Waals surface area contributed by atoms with Crippen molar-refractivity contribution >= 4 is 11.6 Å². The summed E-state index contributed by atoms with van der Waals surface area (Å²) >= 11 is 0. The molecule has 0 aliphatic heterocycles. The quantitative estimate of drug-likeness (QED) is 0.428. The molecular weight excluding hydrogens is 324 g/mol. The molecule has 1 rings (SSSR count). The highest BCUT2D eigenvalue weighted by Gasteiger charge is 2.27. The van der Waals surface area contributed by atoms with Crippen LogP contribution in [0.1, 0.15) is 98.8 Å². The van der Waals surface area contributed by atoms with E-state index < -0.39 is 40.0 Å². The van der Waals surface area contributed by atoms with Gasteiger partial charge in [0, 0.05) is 12.8 Å². The van der Waals surface area contributed by atoms with Crippen molar-refractivity contribution in [3.05, 3.63) is 21.5 Å². The van der Waals surface area contributed by atoms with Crippen LogP contribution in [-0.2, 0) is 0 Å². The Labute approximate surface area is 147 Å². The first-order valence-electron chi connectivity index (χ1n) is 9.09. The molecule has 0 aliphatic rings. The third-order valence-electron chi connectivity index (χ3n) is 4.15. The van der Waals surface area contributed by atoms with Gasteiger partial charge in [0.15, 0.2) is 17.3 Å². The number of Topliss-reactive ketones (excluding diaryl/α,β-unsaturated/α-hetero) is 2. The van der Waals surface area contributed by atoms with E-state index >= 15 is 0 Å². The van der Waals surface area contributed by atoms with E-state index in [9.17, 15) is 24.6 Å². The van der Waals surface area contributed by atoms with Gasteiger partial charge in [-0.3, -0.25) is 9.59 Å². The van der Waals surface area contributed by atoms with Crippen molar-refractivity contribution < 1.29 is 24.2 Å². The van der Waals surface area contributed by atoms with Gasteiger partial charge in [0.25, 0.3) is 5.95 Å². The highest BCUT2D eigenvalue weighted by atomic mass is 16.5. The van der Waals surface area contributed by atoms with Crippen LogP contribution in [0.25, 0.3) is 0 Å². The maximum atomic E-state index is 12.2. The van der Waals surface area contributed by atoms with Crippen molar-refractivity contribution in [1.29, 1.82) is 0 Å². The lowest BCUT2D eigenvalue weighted by Gasteiger charge is -2.08. The van der Waals surface area contributed by atoms with E-state index in [-0.39, 0.29) is 12.8 Å². The minimum absolute atomic E-state index is 0.0905. The molecule has 0 spiro atoms. The Hall–Kier alpha value is -2.11. The fourth-order valence-corrected chi connectivity index (χ4v) is 2.68. The van der Waals surface area contributed by atoms with Crippen molar-refractivity contribution in [2.45, 2.75) is 78.1 Å². The Morgan fingerprint density at radius 2 is 1.28 bits per heavy atom. The lowest BCUT2D eigenvalue weighted by molar-refractivity contribution is 0.0962. The second-order valence-electron chi connectivity index (χ2n) is 6.26. The summed E-state index contributed by atoms with van der Waals surface area (Å²) in [6.45, 7) is 4.09. The monoisotopic (exact) mass is 352 g/mol. The molecule has 0 bridgehead atoms. The molecule has 0 saturated heterocycles. The lowest BCUT2D eigenvalue weighted by Crippen LogP contribution is -2.17. The summed E-state index contributed by atoms with van der Waals surface area (Å²) in [5.74, 6) is -2.78. The van der Waals surface area contributed by atoms with Gasteiger partial charge in [-0.05, 0) is 12.8 Å². The molecule has 0 saturated carbocycles. The zero-order valence-corrected chi connectivity index (χ0v) is 15.1. The van der Waals surface area contributed by atoms with E-state index in [0.29, 0.717) is 12.8 Å². The van der Waals surface area contributed by atoms with Crippen LogP contribution in [0.4, 0.5) is 0 Å². The lowest BCUT2D eigenvalue weighted by atomic mass is 9.99. The van der Waals surface area contributed by atoms with Crippen LogP contribution in [0.15, 0.2) is 9.21 Å². The van der Waals surface area contributed by atoms with E-state index in [2.05, 4.69) is 4.42 Å². The van der Waals surface area contributed by atoms with Crippen molar-refractivity contribution in [2.24, 2.45) is 0 Å². The Morgan fingerprint density at radius 3 is 1.76 bits per heavy atom. The largest absolute Gasteiger partial charge is 0.506 e. The van der Waals surface area contributed by atoms with Crippen LogP contribution in [0.3, 0.4) is 0 Å². The van der Waals surface area contributed by atoms with Crippen LogP contribution in [-0.4, -0.2) is 21.8 Å². The molecule has 0 aromatic carbocycles. The number of hydrogen-bond donors (Lipinski definition) is 2. The van der Waals surface area contributed by atoms with Crippen LogP contribution in [0.5, 0.6) is 11.7 Å². The van der Waals surface area contributed by atoms with Gasteiger partial charge in [-0.25, -0.2) is 4.79 Å². The average molecular weight is 352 g/mol. The summed E-state index contributed by atoms with van der Waals surface area (Å²) in [6.07, 6.45) is 7.07. The van der Waals surface area contributed by atoms with Gasteiger partial charge in [0.2, 0.25) is 0 Å². The van der Waals surface area contributed by atoms with E-state index in [4.69, 9.17) is 0 Å². The van der Waals surface area contributed by atoms with Crippen molar-refractivity contribution in [1.82, 2.24) is 0 Å². The van der Waals surface area contributed by atoms with Gasteiger partial charge < -0.3 is 14.6 Å². The Balaban J connectivity index is 2.95. The first kappa shape index (κ1) is 20.9. The molecule has 0 fully saturated rings. The van der Waals surface area contributed by atoms with E-state index in [1.807, 2.05) is 13.8 Å². The van der Waals surface area contributed by atoms with Gasteiger partial charge in [-0.1, -0.05) is 52.4 Å². The molecule has 0 aliphatic carbocycles. The molecule has 25 heavy (non-hydrogen) atoms. The van der Waals surface area contributed by atoms with Crippen LogP contribution >= 0.6 is 0 Å². The zero-order valence-electron chi connectivity index (χ0n) is 15.1. The average Bonchev–Trinajstić information content (AvgIpc) is 2.55. The molecular formula is C19H28O6. The number of carbonyl (C=O) groups excluding carboxylic acids is 2. The van der Waals surface area contributed by atoms with Gasteiger partial charge in [-0.2, -0.15) is 0 Å². The number of aromatic hydroxyl groups is 2. The van der Waals surface area contributed by atoms with Crippen molar-refractivity contribution in [2.75, 3.05) is 0 Å². The summed E-state index contributed by atoms with van der Waals surface area (Å²) < 4.78 is 4.62. The fourth-order valence-electron chi connectivity index (χ4n) is 2.68. The highest BCUT2D eigenvalue weighted by Crippen LogP contribution is 2.30. The van der Waals surface area contributed by atoms with Crippen LogP contribution in [0, 0.1) is 0 Å². The van der Waals surface area contributed by atoms with Crippen LogP contribution in [0.2, 0.25) is 0 Å². The van der Waals surface area contributed by atoms with E-state index in [0.717, 1.165) is 38.5 Å². The van der Waals surface area contributed by atoms with Gasteiger partial charge in [0.1, 0.15) is 11.1 Å². The minimum atomic E-state index is -1.11. The Kier molecular flexibility index (Phi) is 8.95. The molecule has 2 N–H and O–H groups in total. The molecule has 1 aromatic heterocycles. The Bertz CT molecular complexity index is 644. The summed E-state index contributed by atoms with van der Waals surface area (Å²) in [5.41, 5.74) is -2.11. The van der Waals surface area contributed by atoms with E-state index in [1.54, 1.807) is 0 Å². The van der Waals surface area contributed by atoms with Crippen molar-refractivity contribution in [3.8, 4) is 11.7 Å². The maximum absolute atomic E-state index is 12.2. The molecule has 140 valence electrons. The summed E-state index contributed by atoms with van der Waals surface area (Å²) in [5, 5.41) is 20.0. The number of ketones is 2. The Morgan fingerprint density at radius 1 is 0.800 bits per heavy atom. The topological polar surface area (TPSA) is 105 Å². The first-order valence-corrected chi connectivity index (χ1v) is 9.09. The second kappa shape index (κ2) is 10.7. The summed E-state index contributed by atoms with van der Waals surface area (Å²) in [6, 6.07) is 0. The maximum Gasteiger partial charge on any atom is 0.353 e. The fraction of sp³-hybridized carbons (Fsp3) is 0.632. The van der Waals surface area contributed by atoms with E-state index in [1.165, 1.54) is 0 Å². The van der Waals surface area contributed by atoms with Gasteiger partial charge in [0.05, 0.1) is 0 Å². The molecule has 1 heterocycles. The molecule has 6 heteroatoms.